The molecule has 102 valence electrons. The van der Waals surface area contributed by atoms with Crippen LogP contribution in [0.1, 0.15) is 50.7 Å². The fourth-order valence-electron chi connectivity index (χ4n) is 3.24. The highest BCUT2D eigenvalue weighted by atomic mass is 35.5. The van der Waals surface area contributed by atoms with Crippen molar-refractivity contribution in [2.75, 3.05) is 0 Å². The lowest BCUT2D eigenvalue weighted by atomic mass is 9.88. The van der Waals surface area contributed by atoms with Crippen molar-refractivity contribution in [1.29, 1.82) is 0 Å². The molecule has 0 radical (unpaired) electrons. The van der Waals surface area contributed by atoms with Crippen molar-refractivity contribution in [3.05, 3.63) is 24.3 Å². The van der Waals surface area contributed by atoms with Gasteiger partial charge in [0.15, 0.2) is 0 Å². The third kappa shape index (κ3) is 2.36. The molecule has 1 saturated carbocycles. The number of imidazole rings is 1. The van der Waals surface area contributed by atoms with Gasteiger partial charge in [-0.15, -0.1) is 11.6 Å². The molecule has 0 saturated heterocycles. The molecule has 2 aromatic rings. The van der Waals surface area contributed by atoms with Crippen LogP contribution < -0.4 is 0 Å². The molecule has 3 nitrogen and oxygen atoms in total. The summed E-state index contributed by atoms with van der Waals surface area (Å²) >= 11 is 6.31. The minimum absolute atomic E-state index is 0.0718. The molecule has 0 bridgehead atoms. The smallest absolute Gasteiger partial charge is 0.127 e. The Bertz CT molecular complexity index is 582. The quantitative estimate of drug-likeness (QED) is 0.783. The first kappa shape index (κ1) is 12.9. The monoisotopic (exact) mass is 277 g/mol. The molecule has 0 N–H and O–H groups in total. The van der Waals surface area contributed by atoms with Gasteiger partial charge in [-0.2, -0.15) is 0 Å². The van der Waals surface area contributed by atoms with Gasteiger partial charge in [-0.05, 0) is 31.2 Å². The summed E-state index contributed by atoms with van der Waals surface area (Å²) in [6.07, 6.45) is 8.94. The van der Waals surface area contributed by atoms with Crippen LogP contribution in [0.15, 0.2) is 18.5 Å². The number of aromatic nitrogens is 3. The Morgan fingerprint density at radius 1 is 1.42 bits per heavy atom. The number of halogens is 1. The molecule has 2 aromatic heterocycles. The Labute approximate surface area is 119 Å². The highest BCUT2D eigenvalue weighted by Gasteiger charge is 2.31. The summed E-state index contributed by atoms with van der Waals surface area (Å²) in [4.78, 5) is 8.81. The number of pyridine rings is 1. The molecule has 0 aromatic carbocycles. The number of alkyl halides is 1. The van der Waals surface area contributed by atoms with E-state index in [1.54, 1.807) is 0 Å². The predicted molar refractivity (Wildman–Crippen MR) is 78.4 cm³/mol. The second-order valence-corrected chi connectivity index (χ2v) is 6.71. The van der Waals surface area contributed by atoms with Crippen molar-refractivity contribution in [3.63, 3.8) is 0 Å². The van der Waals surface area contributed by atoms with Crippen LogP contribution in [0.25, 0.3) is 11.0 Å². The molecule has 1 fully saturated rings. The van der Waals surface area contributed by atoms with Gasteiger partial charge in [0, 0.05) is 12.7 Å². The first-order valence-electron chi connectivity index (χ1n) is 7.03. The van der Waals surface area contributed by atoms with E-state index in [0.29, 0.717) is 5.41 Å². The number of fused-ring (bicyclic) bond motifs is 1. The molecule has 1 aliphatic carbocycles. The third-order valence-corrected chi connectivity index (χ3v) is 4.48. The van der Waals surface area contributed by atoms with Gasteiger partial charge in [0.25, 0.3) is 0 Å². The molecule has 1 atom stereocenters. The van der Waals surface area contributed by atoms with E-state index < -0.39 is 0 Å². The SMILES string of the molecule is CC(Cl)c1nc2cnccc2n1CC1(C)CCCC1. The normalized spacial score (nSPS) is 19.9. The number of hydrogen-bond donors (Lipinski definition) is 0. The average molecular weight is 278 g/mol. The zero-order valence-corrected chi connectivity index (χ0v) is 12.3. The fourth-order valence-corrected chi connectivity index (χ4v) is 3.41. The van der Waals surface area contributed by atoms with Crippen LogP contribution in [0, 0.1) is 5.41 Å². The van der Waals surface area contributed by atoms with Crippen LogP contribution in [0.2, 0.25) is 0 Å². The second kappa shape index (κ2) is 4.78. The number of rotatable bonds is 3. The maximum Gasteiger partial charge on any atom is 0.127 e. The molecule has 2 heterocycles. The highest BCUT2D eigenvalue weighted by molar-refractivity contribution is 6.20. The Balaban J connectivity index is 2.07. The van der Waals surface area contributed by atoms with Crippen molar-refractivity contribution < 1.29 is 0 Å². The van der Waals surface area contributed by atoms with E-state index in [9.17, 15) is 0 Å². The van der Waals surface area contributed by atoms with Crippen molar-refractivity contribution in [3.8, 4) is 0 Å². The van der Waals surface area contributed by atoms with E-state index in [2.05, 4.69) is 21.5 Å². The molecule has 1 aliphatic rings. The first-order valence-corrected chi connectivity index (χ1v) is 7.47. The molecular formula is C15H20ClN3. The van der Waals surface area contributed by atoms with Crippen LogP contribution in [-0.2, 0) is 6.54 Å². The van der Waals surface area contributed by atoms with Gasteiger partial charge >= 0.3 is 0 Å². The van der Waals surface area contributed by atoms with E-state index in [0.717, 1.165) is 23.4 Å². The molecule has 3 rings (SSSR count). The van der Waals surface area contributed by atoms with E-state index in [-0.39, 0.29) is 5.38 Å². The zero-order chi connectivity index (χ0) is 13.5. The number of hydrogen-bond acceptors (Lipinski definition) is 2. The predicted octanol–water partition coefficient (Wildman–Crippen LogP) is 4.31. The van der Waals surface area contributed by atoms with E-state index >= 15 is 0 Å². The minimum Gasteiger partial charge on any atom is -0.326 e. The maximum absolute atomic E-state index is 6.31. The van der Waals surface area contributed by atoms with E-state index in [4.69, 9.17) is 11.6 Å². The van der Waals surface area contributed by atoms with Gasteiger partial charge in [-0.25, -0.2) is 4.98 Å². The zero-order valence-electron chi connectivity index (χ0n) is 11.6. The molecule has 0 spiro atoms. The Kier molecular flexibility index (Phi) is 3.25. The maximum atomic E-state index is 6.31. The van der Waals surface area contributed by atoms with Gasteiger partial charge in [0.1, 0.15) is 11.3 Å². The average Bonchev–Trinajstić information content (AvgIpc) is 2.95. The molecule has 4 heteroatoms. The molecule has 19 heavy (non-hydrogen) atoms. The van der Waals surface area contributed by atoms with Crippen molar-refractivity contribution in [2.45, 2.75) is 51.5 Å². The van der Waals surface area contributed by atoms with Crippen molar-refractivity contribution in [2.24, 2.45) is 5.41 Å². The van der Waals surface area contributed by atoms with Gasteiger partial charge in [0.2, 0.25) is 0 Å². The highest BCUT2D eigenvalue weighted by Crippen LogP contribution is 2.40. The fraction of sp³-hybridized carbons (Fsp3) is 0.600. The summed E-state index contributed by atoms with van der Waals surface area (Å²) in [5.41, 5.74) is 2.49. The van der Waals surface area contributed by atoms with Gasteiger partial charge < -0.3 is 4.57 Å². The second-order valence-electron chi connectivity index (χ2n) is 6.05. The van der Waals surface area contributed by atoms with Crippen LogP contribution in [0.5, 0.6) is 0 Å². The van der Waals surface area contributed by atoms with Crippen LogP contribution in [0.4, 0.5) is 0 Å². The summed E-state index contributed by atoms with van der Waals surface area (Å²) in [6.45, 7) is 5.39. The lowest BCUT2D eigenvalue weighted by molar-refractivity contribution is 0.281. The molecule has 0 aliphatic heterocycles. The van der Waals surface area contributed by atoms with Crippen molar-refractivity contribution in [1.82, 2.24) is 14.5 Å². The first-order chi connectivity index (χ1) is 9.09. The number of nitrogens with zero attached hydrogens (tertiary/aromatic N) is 3. The summed E-state index contributed by atoms with van der Waals surface area (Å²) in [5.74, 6) is 0.970. The summed E-state index contributed by atoms with van der Waals surface area (Å²) in [5, 5.41) is -0.0718. The van der Waals surface area contributed by atoms with E-state index in [1.165, 1.54) is 25.7 Å². The Morgan fingerprint density at radius 3 is 2.84 bits per heavy atom. The molecule has 0 amide bonds. The molecule has 1 unspecified atom stereocenters. The van der Waals surface area contributed by atoms with Gasteiger partial charge in [-0.1, -0.05) is 19.8 Å². The standard InChI is InChI=1S/C15H20ClN3/c1-11(16)14-18-12-9-17-8-5-13(12)19(14)10-15(2)6-3-4-7-15/h5,8-9,11H,3-4,6-7,10H2,1-2H3. The van der Waals surface area contributed by atoms with Crippen LogP contribution in [0.3, 0.4) is 0 Å². The third-order valence-electron chi connectivity index (χ3n) is 4.29. The lowest BCUT2D eigenvalue weighted by Gasteiger charge is -2.26. The lowest BCUT2D eigenvalue weighted by Crippen LogP contribution is -2.21. The van der Waals surface area contributed by atoms with E-state index in [1.807, 2.05) is 25.4 Å². The summed E-state index contributed by atoms with van der Waals surface area (Å²) in [6, 6.07) is 2.05. The van der Waals surface area contributed by atoms with Gasteiger partial charge in [-0.3, -0.25) is 4.98 Å². The van der Waals surface area contributed by atoms with Gasteiger partial charge in [0.05, 0.1) is 17.1 Å². The Hall–Kier alpha value is -1.09. The molecular weight excluding hydrogens is 258 g/mol. The largest absolute Gasteiger partial charge is 0.326 e. The summed E-state index contributed by atoms with van der Waals surface area (Å²) in [7, 11) is 0. The minimum atomic E-state index is -0.0718. The van der Waals surface area contributed by atoms with Crippen LogP contribution in [-0.4, -0.2) is 14.5 Å². The Morgan fingerprint density at radius 2 is 2.16 bits per heavy atom. The topological polar surface area (TPSA) is 30.7 Å². The van der Waals surface area contributed by atoms with Crippen LogP contribution >= 0.6 is 11.6 Å². The summed E-state index contributed by atoms with van der Waals surface area (Å²) < 4.78 is 2.31. The van der Waals surface area contributed by atoms with Crippen molar-refractivity contribution >= 4 is 22.6 Å².